The van der Waals surface area contributed by atoms with Crippen LogP contribution in [0.3, 0.4) is 0 Å². The van der Waals surface area contributed by atoms with Crippen LogP contribution < -0.4 is 0 Å². The third-order valence-electron chi connectivity index (χ3n) is 6.81. The molecule has 4 nitrogen and oxygen atoms in total. The summed E-state index contributed by atoms with van der Waals surface area (Å²) in [4.78, 5) is 24.5. The lowest BCUT2D eigenvalue weighted by Gasteiger charge is -2.26. The fourth-order valence-electron chi connectivity index (χ4n) is 4.57. The van der Waals surface area contributed by atoms with Gasteiger partial charge in [0.15, 0.2) is 0 Å². The van der Waals surface area contributed by atoms with Crippen LogP contribution in [0.2, 0.25) is 0 Å². The summed E-state index contributed by atoms with van der Waals surface area (Å²) in [6, 6.07) is 0. The Balaban J connectivity index is 1.96. The average molecular weight is 453 g/mol. The van der Waals surface area contributed by atoms with Gasteiger partial charge in [-0.3, -0.25) is 9.59 Å². The molecule has 0 N–H and O–H groups in total. The highest BCUT2D eigenvalue weighted by Gasteiger charge is 2.31. The van der Waals surface area contributed by atoms with E-state index in [0.717, 1.165) is 51.4 Å². The fraction of sp³-hybridized carbons (Fsp3) is 0.929. The minimum Gasteiger partial charge on any atom is -0.465 e. The summed E-state index contributed by atoms with van der Waals surface area (Å²) in [5.74, 6) is 0.518. The Bertz CT molecular complexity index is 466. The Morgan fingerprint density at radius 2 is 1.00 bits per heavy atom. The highest BCUT2D eigenvalue weighted by atomic mass is 16.5. The van der Waals surface area contributed by atoms with Gasteiger partial charge in [0.05, 0.1) is 25.0 Å². The van der Waals surface area contributed by atoms with Gasteiger partial charge in [-0.15, -0.1) is 0 Å². The standard InChI is InChI=1S/C28H52O4/c1-4-5-6-7-8-9-10-11-12-13-15-22-31-27(29)25-18-20-26(21-19-25)28(30)32-23-16-14-17-24(2)3/h24-26H,4-23H2,1-3H3. The van der Waals surface area contributed by atoms with E-state index < -0.39 is 0 Å². The van der Waals surface area contributed by atoms with Crippen molar-refractivity contribution in [3.05, 3.63) is 0 Å². The molecule has 0 amide bonds. The number of hydrogen-bond acceptors (Lipinski definition) is 4. The number of rotatable bonds is 19. The average Bonchev–Trinajstić information content (AvgIpc) is 2.79. The van der Waals surface area contributed by atoms with E-state index in [1.54, 1.807) is 0 Å². The molecule has 0 aromatic carbocycles. The van der Waals surface area contributed by atoms with Crippen LogP contribution in [0, 0.1) is 17.8 Å². The van der Waals surface area contributed by atoms with E-state index in [0.29, 0.717) is 19.1 Å². The molecule has 0 aromatic rings. The van der Waals surface area contributed by atoms with Gasteiger partial charge in [0.25, 0.3) is 0 Å². The molecule has 0 radical (unpaired) electrons. The molecule has 1 rings (SSSR count). The predicted octanol–water partition coefficient (Wildman–Crippen LogP) is 8.02. The van der Waals surface area contributed by atoms with Crippen LogP contribution in [-0.4, -0.2) is 25.2 Å². The van der Waals surface area contributed by atoms with Crippen molar-refractivity contribution in [2.75, 3.05) is 13.2 Å². The van der Waals surface area contributed by atoms with Crippen molar-refractivity contribution in [1.82, 2.24) is 0 Å². The number of unbranched alkanes of at least 4 members (excludes halogenated alkanes) is 11. The zero-order valence-corrected chi connectivity index (χ0v) is 21.5. The van der Waals surface area contributed by atoms with Crippen molar-refractivity contribution in [2.45, 2.75) is 136 Å². The van der Waals surface area contributed by atoms with Gasteiger partial charge in [-0.2, -0.15) is 0 Å². The van der Waals surface area contributed by atoms with Gasteiger partial charge >= 0.3 is 11.9 Å². The Labute approximate surface area is 198 Å². The van der Waals surface area contributed by atoms with Crippen molar-refractivity contribution < 1.29 is 19.1 Å². The number of esters is 2. The van der Waals surface area contributed by atoms with Crippen molar-refractivity contribution >= 4 is 11.9 Å². The summed E-state index contributed by atoms with van der Waals surface area (Å²) < 4.78 is 11.0. The van der Waals surface area contributed by atoms with E-state index in [1.807, 2.05) is 0 Å². The highest BCUT2D eigenvalue weighted by molar-refractivity contribution is 5.75. The first kappa shape index (κ1) is 29.0. The van der Waals surface area contributed by atoms with Crippen molar-refractivity contribution in [2.24, 2.45) is 17.8 Å². The Morgan fingerprint density at radius 3 is 1.41 bits per heavy atom. The quantitative estimate of drug-likeness (QED) is 0.147. The molecule has 0 bridgehead atoms. The topological polar surface area (TPSA) is 52.6 Å². The van der Waals surface area contributed by atoms with E-state index in [9.17, 15) is 9.59 Å². The van der Waals surface area contributed by atoms with Crippen LogP contribution >= 0.6 is 0 Å². The first-order valence-electron chi connectivity index (χ1n) is 13.9. The second kappa shape index (κ2) is 19.4. The monoisotopic (exact) mass is 452 g/mol. The molecule has 32 heavy (non-hydrogen) atoms. The third-order valence-corrected chi connectivity index (χ3v) is 6.81. The number of carbonyl (C=O) groups is 2. The third kappa shape index (κ3) is 14.9. The van der Waals surface area contributed by atoms with Gasteiger partial charge in [-0.1, -0.05) is 91.4 Å². The van der Waals surface area contributed by atoms with Crippen LogP contribution in [0.15, 0.2) is 0 Å². The van der Waals surface area contributed by atoms with E-state index in [2.05, 4.69) is 20.8 Å². The Morgan fingerprint density at radius 1 is 0.625 bits per heavy atom. The molecule has 0 atom stereocenters. The second-order valence-electron chi connectivity index (χ2n) is 10.3. The van der Waals surface area contributed by atoms with Crippen LogP contribution in [0.5, 0.6) is 0 Å². The normalized spacial score (nSPS) is 18.6. The molecule has 0 aliphatic heterocycles. The molecule has 0 spiro atoms. The molecule has 188 valence electrons. The van der Waals surface area contributed by atoms with Crippen LogP contribution in [0.4, 0.5) is 0 Å². The number of ether oxygens (including phenoxy) is 2. The zero-order chi connectivity index (χ0) is 23.4. The summed E-state index contributed by atoms with van der Waals surface area (Å²) >= 11 is 0. The molecule has 1 saturated carbocycles. The molecule has 1 aliphatic rings. The van der Waals surface area contributed by atoms with Crippen molar-refractivity contribution in [3.8, 4) is 0 Å². The summed E-state index contributed by atoms with van der Waals surface area (Å²) in [5, 5.41) is 0. The molecular weight excluding hydrogens is 400 g/mol. The van der Waals surface area contributed by atoms with Crippen LogP contribution in [-0.2, 0) is 19.1 Å². The fourth-order valence-corrected chi connectivity index (χ4v) is 4.57. The van der Waals surface area contributed by atoms with Gasteiger partial charge in [0.1, 0.15) is 0 Å². The van der Waals surface area contributed by atoms with Gasteiger partial charge < -0.3 is 9.47 Å². The molecule has 0 aromatic heterocycles. The maximum Gasteiger partial charge on any atom is 0.308 e. The molecule has 1 aliphatic carbocycles. The van der Waals surface area contributed by atoms with E-state index in [1.165, 1.54) is 64.2 Å². The van der Waals surface area contributed by atoms with E-state index in [-0.39, 0.29) is 23.8 Å². The maximum atomic E-state index is 12.3. The van der Waals surface area contributed by atoms with Crippen LogP contribution in [0.1, 0.15) is 136 Å². The van der Waals surface area contributed by atoms with Gasteiger partial charge in [0, 0.05) is 0 Å². The zero-order valence-electron chi connectivity index (χ0n) is 21.5. The molecular formula is C28H52O4. The SMILES string of the molecule is CCCCCCCCCCCCCOC(=O)C1CCC(C(=O)OCCCCC(C)C)CC1. The second-order valence-corrected chi connectivity index (χ2v) is 10.3. The summed E-state index contributed by atoms with van der Waals surface area (Å²) in [7, 11) is 0. The Hall–Kier alpha value is -1.06. The van der Waals surface area contributed by atoms with E-state index in [4.69, 9.17) is 9.47 Å². The Kier molecular flexibility index (Phi) is 17.6. The summed E-state index contributed by atoms with van der Waals surface area (Å²) in [6.45, 7) is 7.78. The molecule has 0 saturated heterocycles. The molecule has 4 heteroatoms. The lowest BCUT2D eigenvalue weighted by molar-refractivity contribution is -0.155. The number of hydrogen-bond donors (Lipinski definition) is 0. The van der Waals surface area contributed by atoms with Gasteiger partial charge in [-0.25, -0.2) is 0 Å². The lowest BCUT2D eigenvalue weighted by Crippen LogP contribution is -2.28. The van der Waals surface area contributed by atoms with Crippen molar-refractivity contribution in [3.63, 3.8) is 0 Å². The number of carbonyl (C=O) groups excluding carboxylic acids is 2. The smallest absolute Gasteiger partial charge is 0.308 e. The first-order chi connectivity index (χ1) is 15.5. The van der Waals surface area contributed by atoms with Gasteiger partial charge in [0.2, 0.25) is 0 Å². The summed E-state index contributed by atoms with van der Waals surface area (Å²) in [6.07, 6.45) is 20.5. The molecule has 0 heterocycles. The first-order valence-corrected chi connectivity index (χ1v) is 13.9. The minimum absolute atomic E-state index is 0.0298. The molecule has 0 unspecified atom stereocenters. The molecule has 1 fully saturated rings. The predicted molar refractivity (Wildman–Crippen MR) is 133 cm³/mol. The van der Waals surface area contributed by atoms with Crippen molar-refractivity contribution in [1.29, 1.82) is 0 Å². The highest BCUT2D eigenvalue weighted by Crippen LogP contribution is 2.30. The van der Waals surface area contributed by atoms with Crippen LogP contribution in [0.25, 0.3) is 0 Å². The largest absolute Gasteiger partial charge is 0.465 e. The maximum absolute atomic E-state index is 12.3. The minimum atomic E-state index is -0.0673. The van der Waals surface area contributed by atoms with Gasteiger partial charge in [-0.05, 0) is 50.9 Å². The lowest BCUT2D eigenvalue weighted by atomic mass is 9.82. The summed E-state index contributed by atoms with van der Waals surface area (Å²) in [5.41, 5.74) is 0. The van der Waals surface area contributed by atoms with E-state index >= 15 is 0 Å².